The molecule has 0 atom stereocenters. The maximum absolute atomic E-state index is 9.17. The molecule has 2 rings (SSSR count). The van der Waals surface area contributed by atoms with Crippen molar-refractivity contribution < 1.29 is 5.11 Å². The number of hydrogen-bond acceptors (Lipinski definition) is 5. The van der Waals surface area contributed by atoms with Gasteiger partial charge in [-0.05, 0) is 26.9 Å². The monoisotopic (exact) mass is 241 g/mol. The molecule has 1 fully saturated rings. The number of nitrogens with zero attached hydrogens (tertiary/aromatic N) is 3. The highest BCUT2D eigenvalue weighted by Gasteiger charge is 2.16. The van der Waals surface area contributed by atoms with Gasteiger partial charge in [0.25, 0.3) is 0 Å². The summed E-state index contributed by atoms with van der Waals surface area (Å²) < 4.78 is 0. The smallest absolute Gasteiger partial charge is 0.185 e. The lowest BCUT2D eigenvalue weighted by atomic mass is 10.4. The Hall–Kier alpha value is -0.650. The lowest BCUT2D eigenvalue weighted by Gasteiger charge is -2.19. The minimum absolute atomic E-state index is 0.108. The minimum atomic E-state index is 0.108. The van der Waals surface area contributed by atoms with Crippen molar-refractivity contribution in [3.63, 3.8) is 0 Å². The van der Waals surface area contributed by atoms with Crippen molar-refractivity contribution in [3.8, 4) is 0 Å². The predicted octanol–water partition coefficient (Wildman–Crippen LogP) is 1.09. The van der Waals surface area contributed by atoms with Crippen LogP contribution in [0.3, 0.4) is 0 Å². The molecule has 0 aliphatic carbocycles. The van der Waals surface area contributed by atoms with Crippen LogP contribution in [0.2, 0.25) is 0 Å². The zero-order chi connectivity index (χ0) is 11.5. The second-order valence-corrected chi connectivity index (χ2v) is 5.37. The van der Waals surface area contributed by atoms with Gasteiger partial charge >= 0.3 is 0 Å². The van der Waals surface area contributed by atoms with Crippen LogP contribution in [0.4, 0.5) is 5.13 Å². The van der Waals surface area contributed by atoms with Crippen LogP contribution >= 0.6 is 11.3 Å². The Balaban J connectivity index is 2.10. The molecule has 1 aliphatic rings. The Morgan fingerprint density at radius 3 is 2.81 bits per heavy atom. The van der Waals surface area contributed by atoms with Crippen LogP contribution in [0.5, 0.6) is 0 Å². The van der Waals surface area contributed by atoms with Crippen LogP contribution in [-0.4, -0.2) is 48.2 Å². The van der Waals surface area contributed by atoms with E-state index in [0.29, 0.717) is 0 Å². The first-order valence-electron chi connectivity index (χ1n) is 5.71. The van der Waals surface area contributed by atoms with E-state index >= 15 is 0 Å². The Kier molecular flexibility index (Phi) is 3.78. The van der Waals surface area contributed by atoms with Gasteiger partial charge in [0.15, 0.2) is 5.13 Å². The van der Waals surface area contributed by atoms with E-state index in [4.69, 9.17) is 0 Å². The number of rotatable bonds is 2. The van der Waals surface area contributed by atoms with E-state index in [0.717, 1.165) is 41.9 Å². The third kappa shape index (κ3) is 2.53. The zero-order valence-electron chi connectivity index (χ0n) is 9.94. The summed E-state index contributed by atoms with van der Waals surface area (Å²) >= 11 is 1.62. The van der Waals surface area contributed by atoms with Crippen molar-refractivity contribution in [1.29, 1.82) is 0 Å². The first-order chi connectivity index (χ1) is 7.70. The van der Waals surface area contributed by atoms with Gasteiger partial charge in [0.2, 0.25) is 0 Å². The first kappa shape index (κ1) is 11.8. The topological polar surface area (TPSA) is 39.6 Å². The molecule has 0 unspecified atom stereocenters. The summed E-state index contributed by atoms with van der Waals surface area (Å²) in [4.78, 5) is 10.2. The van der Waals surface area contributed by atoms with Gasteiger partial charge in [-0.15, -0.1) is 0 Å². The molecule has 0 radical (unpaired) electrons. The highest BCUT2D eigenvalue weighted by molar-refractivity contribution is 7.15. The molecule has 0 aromatic carbocycles. The van der Waals surface area contributed by atoms with Crippen molar-refractivity contribution in [2.75, 3.05) is 38.1 Å². The predicted molar refractivity (Wildman–Crippen MR) is 67.1 cm³/mol. The molecule has 4 nitrogen and oxygen atoms in total. The lowest BCUT2D eigenvalue weighted by Crippen LogP contribution is -2.28. The molecule has 90 valence electrons. The highest BCUT2D eigenvalue weighted by atomic mass is 32.1. The average Bonchev–Trinajstić information content (AvgIpc) is 2.50. The van der Waals surface area contributed by atoms with Gasteiger partial charge in [-0.25, -0.2) is 4.98 Å². The fraction of sp³-hybridized carbons (Fsp3) is 0.727. The van der Waals surface area contributed by atoms with Crippen LogP contribution < -0.4 is 4.90 Å². The van der Waals surface area contributed by atoms with E-state index in [-0.39, 0.29) is 6.61 Å². The van der Waals surface area contributed by atoms with Gasteiger partial charge in [-0.2, -0.15) is 0 Å². The number of aliphatic hydroxyl groups is 1. The molecule has 5 heteroatoms. The van der Waals surface area contributed by atoms with E-state index in [1.54, 1.807) is 11.3 Å². The minimum Gasteiger partial charge on any atom is -0.391 e. The summed E-state index contributed by atoms with van der Waals surface area (Å²) in [5.74, 6) is 0. The molecule has 0 bridgehead atoms. The molecule has 0 amide bonds. The van der Waals surface area contributed by atoms with Crippen LogP contribution in [-0.2, 0) is 6.61 Å². The summed E-state index contributed by atoms with van der Waals surface area (Å²) in [7, 11) is 2.16. The number of hydrogen-bond donors (Lipinski definition) is 1. The Morgan fingerprint density at radius 2 is 2.12 bits per heavy atom. The molecule has 1 N–H and O–H groups in total. The molecule has 16 heavy (non-hydrogen) atoms. The first-order valence-corrected chi connectivity index (χ1v) is 6.53. The fourth-order valence-corrected chi connectivity index (χ4v) is 2.90. The lowest BCUT2D eigenvalue weighted by molar-refractivity contribution is 0.284. The van der Waals surface area contributed by atoms with Crippen molar-refractivity contribution in [2.24, 2.45) is 0 Å². The largest absolute Gasteiger partial charge is 0.391 e. The fourth-order valence-electron chi connectivity index (χ4n) is 1.93. The van der Waals surface area contributed by atoms with E-state index in [1.165, 1.54) is 6.42 Å². The highest BCUT2D eigenvalue weighted by Crippen LogP contribution is 2.26. The van der Waals surface area contributed by atoms with Gasteiger partial charge in [-0.1, -0.05) is 11.3 Å². The summed E-state index contributed by atoms with van der Waals surface area (Å²) in [5.41, 5.74) is 0.972. The van der Waals surface area contributed by atoms with Gasteiger partial charge < -0.3 is 14.9 Å². The van der Waals surface area contributed by atoms with Gasteiger partial charge in [-0.3, -0.25) is 0 Å². The summed E-state index contributed by atoms with van der Waals surface area (Å²) in [5, 5.41) is 10.2. The van der Waals surface area contributed by atoms with Crippen molar-refractivity contribution in [3.05, 3.63) is 10.6 Å². The molecule has 2 heterocycles. The quantitative estimate of drug-likeness (QED) is 0.841. The number of aryl methyl sites for hydroxylation is 1. The molecule has 1 aromatic heterocycles. The maximum Gasteiger partial charge on any atom is 0.185 e. The van der Waals surface area contributed by atoms with Crippen LogP contribution in [0.1, 0.15) is 17.0 Å². The number of thiazole rings is 1. The Bertz CT molecular complexity index is 353. The Morgan fingerprint density at radius 1 is 1.31 bits per heavy atom. The summed E-state index contributed by atoms with van der Waals surface area (Å²) in [6, 6.07) is 0. The van der Waals surface area contributed by atoms with Gasteiger partial charge in [0.1, 0.15) is 0 Å². The molecule has 1 saturated heterocycles. The van der Waals surface area contributed by atoms with Crippen LogP contribution in [0.15, 0.2) is 0 Å². The molecule has 0 saturated carbocycles. The zero-order valence-corrected chi connectivity index (χ0v) is 10.8. The normalized spacial score (nSPS) is 18.8. The van der Waals surface area contributed by atoms with Crippen molar-refractivity contribution in [1.82, 2.24) is 9.88 Å². The molecular weight excluding hydrogens is 222 g/mol. The number of aromatic nitrogens is 1. The van der Waals surface area contributed by atoms with E-state index in [9.17, 15) is 5.11 Å². The summed E-state index contributed by atoms with van der Waals surface area (Å²) in [6.45, 7) is 6.43. The second-order valence-electron chi connectivity index (χ2n) is 4.31. The standard InChI is InChI=1S/C11H19N3OS/c1-9-10(8-15)16-11(12-9)14-5-3-4-13(2)6-7-14/h15H,3-8H2,1-2H3. The van der Waals surface area contributed by atoms with Gasteiger partial charge in [0, 0.05) is 19.6 Å². The van der Waals surface area contributed by atoms with Crippen LogP contribution in [0.25, 0.3) is 0 Å². The SMILES string of the molecule is Cc1nc(N2CCCN(C)CC2)sc1CO. The Labute approximate surface area is 101 Å². The van der Waals surface area contributed by atoms with E-state index in [2.05, 4.69) is 21.8 Å². The molecule has 0 spiro atoms. The van der Waals surface area contributed by atoms with Gasteiger partial charge in [0.05, 0.1) is 17.2 Å². The third-order valence-corrected chi connectivity index (χ3v) is 4.22. The summed E-state index contributed by atoms with van der Waals surface area (Å²) in [6.07, 6.45) is 1.18. The third-order valence-electron chi connectivity index (χ3n) is 3.02. The number of anilines is 1. The van der Waals surface area contributed by atoms with E-state index < -0.39 is 0 Å². The molecule has 1 aromatic rings. The molecular formula is C11H19N3OS. The van der Waals surface area contributed by atoms with Crippen LogP contribution in [0, 0.1) is 6.92 Å². The van der Waals surface area contributed by atoms with Crippen molar-refractivity contribution >= 4 is 16.5 Å². The second kappa shape index (κ2) is 5.12. The van der Waals surface area contributed by atoms with Crippen molar-refractivity contribution in [2.45, 2.75) is 20.0 Å². The molecule has 1 aliphatic heterocycles. The number of aliphatic hydroxyl groups excluding tert-OH is 1. The average molecular weight is 241 g/mol. The maximum atomic E-state index is 9.17. The number of likely N-dealkylation sites (N-methyl/N-ethyl adjacent to an activating group) is 1. The van der Waals surface area contributed by atoms with E-state index in [1.807, 2.05) is 6.92 Å².